The molecule has 5 heterocycles. The summed E-state index contributed by atoms with van der Waals surface area (Å²) in [7, 11) is 1.57. The summed E-state index contributed by atoms with van der Waals surface area (Å²) in [4.78, 5) is 13.7. The number of methoxy groups -OCH3 is 1. The number of fused-ring (bicyclic) bond motifs is 1. The van der Waals surface area contributed by atoms with Crippen LogP contribution in [0.1, 0.15) is 43.2 Å². The molecule has 6 rings (SSSR count). The third kappa shape index (κ3) is 4.26. The predicted molar refractivity (Wildman–Crippen MR) is 134 cm³/mol. The van der Waals surface area contributed by atoms with Crippen molar-refractivity contribution in [3.8, 4) is 11.8 Å². The monoisotopic (exact) mass is 478 g/mol. The molecule has 3 aliphatic rings. The number of nitrogens with zero attached hydrogens (tertiary/aromatic N) is 6. The lowest BCUT2D eigenvalue weighted by molar-refractivity contribution is 0.0304. The lowest BCUT2D eigenvalue weighted by atomic mass is 9.86. The van der Waals surface area contributed by atoms with E-state index in [0.29, 0.717) is 36.9 Å². The number of aryl methyl sites for hydroxylation is 1. The van der Waals surface area contributed by atoms with Gasteiger partial charge in [-0.15, -0.1) is 0 Å². The maximum Gasteiger partial charge on any atom is 0.320 e. The van der Waals surface area contributed by atoms with Gasteiger partial charge in [0.1, 0.15) is 5.82 Å². The minimum atomic E-state index is -0.691. The number of hydrogen-bond acceptors (Lipinski definition) is 8. The highest BCUT2D eigenvalue weighted by molar-refractivity contribution is 5.82. The molecule has 35 heavy (non-hydrogen) atoms. The van der Waals surface area contributed by atoms with Gasteiger partial charge in [-0.05, 0) is 75.4 Å². The van der Waals surface area contributed by atoms with Crippen LogP contribution in [0.25, 0.3) is 16.7 Å². The van der Waals surface area contributed by atoms with Gasteiger partial charge in [0.05, 0.1) is 31.0 Å². The summed E-state index contributed by atoms with van der Waals surface area (Å²) >= 11 is 0. The molecule has 9 nitrogen and oxygen atoms in total. The van der Waals surface area contributed by atoms with Crippen molar-refractivity contribution in [1.29, 1.82) is 0 Å². The Morgan fingerprint density at radius 2 is 1.86 bits per heavy atom. The van der Waals surface area contributed by atoms with E-state index in [4.69, 9.17) is 9.47 Å². The summed E-state index contributed by atoms with van der Waals surface area (Å²) < 4.78 is 12.9. The largest absolute Gasteiger partial charge is 0.467 e. The molecule has 2 aromatic heterocycles. The van der Waals surface area contributed by atoms with Crippen LogP contribution in [0.4, 0.5) is 5.82 Å². The number of rotatable bonds is 5. The van der Waals surface area contributed by atoms with Crippen molar-refractivity contribution < 1.29 is 14.6 Å². The van der Waals surface area contributed by atoms with Crippen LogP contribution in [0.15, 0.2) is 24.4 Å². The molecule has 1 atom stereocenters. The van der Waals surface area contributed by atoms with Crippen molar-refractivity contribution >= 4 is 16.7 Å². The summed E-state index contributed by atoms with van der Waals surface area (Å²) in [6.07, 6.45) is 5.39. The van der Waals surface area contributed by atoms with Gasteiger partial charge in [-0.25, -0.2) is 4.68 Å². The highest BCUT2D eigenvalue weighted by Crippen LogP contribution is 2.35. The van der Waals surface area contributed by atoms with Crippen molar-refractivity contribution in [3.63, 3.8) is 0 Å². The number of aromatic nitrogens is 4. The minimum absolute atomic E-state index is 0.295. The SMILES string of the molecule is COc1nc(N2CC(C)(O)C2)cc(-n2ncc3cc(C)c(C4CCN(C5CCOC5)CC4)cc32)n1. The number of aliphatic hydroxyl groups is 1. The number of piperidine rings is 1. The Hall–Kier alpha value is -2.75. The second kappa shape index (κ2) is 8.72. The topological polar surface area (TPSA) is 88.8 Å². The number of anilines is 1. The molecule has 1 aromatic carbocycles. The number of ether oxygens (including phenoxy) is 2. The number of benzene rings is 1. The molecule has 1 unspecified atom stereocenters. The first-order valence-corrected chi connectivity index (χ1v) is 12.6. The second-order valence-corrected chi connectivity index (χ2v) is 10.6. The minimum Gasteiger partial charge on any atom is -0.467 e. The third-order valence-electron chi connectivity index (χ3n) is 7.81. The molecule has 3 aliphatic heterocycles. The van der Waals surface area contributed by atoms with Gasteiger partial charge in [0.25, 0.3) is 0 Å². The van der Waals surface area contributed by atoms with Crippen LogP contribution in [0.2, 0.25) is 0 Å². The Kier molecular flexibility index (Phi) is 5.66. The van der Waals surface area contributed by atoms with Gasteiger partial charge in [-0.2, -0.15) is 15.1 Å². The zero-order valence-corrected chi connectivity index (χ0v) is 20.8. The summed E-state index contributed by atoms with van der Waals surface area (Å²) in [5.74, 6) is 1.94. The van der Waals surface area contributed by atoms with Crippen LogP contribution in [-0.2, 0) is 4.74 Å². The molecule has 0 bridgehead atoms. The van der Waals surface area contributed by atoms with Gasteiger partial charge in [0.2, 0.25) is 0 Å². The normalized spacial score (nSPS) is 23.1. The zero-order chi connectivity index (χ0) is 24.2. The van der Waals surface area contributed by atoms with E-state index in [2.05, 4.69) is 39.0 Å². The summed E-state index contributed by atoms with van der Waals surface area (Å²) in [6, 6.07) is 7.36. The Balaban J connectivity index is 1.30. The van der Waals surface area contributed by atoms with Crippen molar-refractivity contribution in [2.45, 2.75) is 50.7 Å². The molecule has 0 saturated carbocycles. The molecule has 1 N–H and O–H groups in total. The van der Waals surface area contributed by atoms with Crippen molar-refractivity contribution in [2.24, 2.45) is 0 Å². The molecule has 3 fully saturated rings. The van der Waals surface area contributed by atoms with E-state index in [1.54, 1.807) is 7.11 Å². The zero-order valence-electron chi connectivity index (χ0n) is 20.8. The lowest BCUT2D eigenvalue weighted by Crippen LogP contribution is -2.60. The highest BCUT2D eigenvalue weighted by Gasteiger charge is 2.38. The van der Waals surface area contributed by atoms with E-state index in [1.807, 2.05) is 28.8 Å². The van der Waals surface area contributed by atoms with Gasteiger partial charge in [0.15, 0.2) is 5.82 Å². The van der Waals surface area contributed by atoms with Crippen LogP contribution in [0, 0.1) is 6.92 Å². The number of hydrogen-bond donors (Lipinski definition) is 1. The van der Waals surface area contributed by atoms with E-state index in [1.165, 1.54) is 11.1 Å². The van der Waals surface area contributed by atoms with Gasteiger partial charge < -0.3 is 19.5 Å². The van der Waals surface area contributed by atoms with E-state index in [9.17, 15) is 5.11 Å². The van der Waals surface area contributed by atoms with Gasteiger partial charge in [0, 0.05) is 37.2 Å². The fourth-order valence-corrected chi connectivity index (χ4v) is 5.91. The van der Waals surface area contributed by atoms with Crippen molar-refractivity contribution in [3.05, 3.63) is 35.5 Å². The maximum absolute atomic E-state index is 10.2. The number of likely N-dealkylation sites (tertiary alicyclic amines) is 1. The summed E-state index contributed by atoms with van der Waals surface area (Å²) in [6.45, 7) is 9.14. The maximum atomic E-state index is 10.2. The van der Waals surface area contributed by atoms with Crippen LogP contribution in [0.3, 0.4) is 0 Å². The van der Waals surface area contributed by atoms with Gasteiger partial charge >= 0.3 is 6.01 Å². The van der Waals surface area contributed by atoms with Crippen molar-refractivity contribution in [1.82, 2.24) is 24.6 Å². The summed E-state index contributed by atoms with van der Waals surface area (Å²) in [5, 5.41) is 16.0. The first-order chi connectivity index (χ1) is 16.9. The summed E-state index contributed by atoms with van der Waals surface area (Å²) in [5.41, 5.74) is 3.08. The predicted octanol–water partition coefficient (Wildman–Crippen LogP) is 2.67. The average molecular weight is 479 g/mol. The Bertz CT molecular complexity index is 1220. The van der Waals surface area contributed by atoms with Gasteiger partial charge in [-0.3, -0.25) is 4.90 Å². The number of β-amino-alcohol motifs (C(OH)–C–C–N with tert-alkyl or cyclic N) is 1. The standard InChI is InChI=1S/C26H34N6O3/c1-17-10-19-13-27-32(24-12-23(28-25(29-24)34-3)31-15-26(2,33)16-31)22(19)11-21(17)18-4-7-30(8-5-18)20-6-9-35-14-20/h10-13,18,20,33H,4-9,14-16H2,1-3H3. The van der Waals surface area contributed by atoms with Crippen LogP contribution < -0.4 is 9.64 Å². The second-order valence-electron chi connectivity index (χ2n) is 10.6. The molecular formula is C26H34N6O3. The fraction of sp³-hybridized carbons (Fsp3) is 0.577. The molecule has 9 heteroatoms. The molecular weight excluding hydrogens is 444 g/mol. The van der Waals surface area contributed by atoms with E-state index < -0.39 is 5.60 Å². The molecule has 0 aliphatic carbocycles. The Labute approximate surface area is 205 Å². The first-order valence-electron chi connectivity index (χ1n) is 12.6. The van der Waals surface area contributed by atoms with Crippen molar-refractivity contribution in [2.75, 3.05) is 51.4 Å². The van der Waals surface area contributed by atoms with E-state index in [0.717, 1.165) is 62.3 Å². The molecule has 0 spiro atoms. The van der Waals surface area contributed by atoms with Crippen LogP contribution in [0.5, 0.6) is 6.01 Å². The van der Waals surface area contributed by atoms with Crippen LogP contribution in [-0.4, -0.2) is 87.9 Å². The quantitative estimate of drug-likeness (QED) is 0.599. The third-order valence-corrected chi connectivity index (χ3v) is 7.81. The van der Waals surface area contributed by atoms with E-state index >= 15 is 0 Å². The highest BCUT2D eigenvalue weighted by atomic mass is 16.5. The molecule has 3 saturated heterocycles. The Morgan fingerprint density at radius 3 is 2.54 bits per heavy atom. The Morgan fingerprint density at radius 1 is 1.09 bits per heavy atom. The van der Waals surface area contributed by atoms with E-state index in [-0.39, 0.29) is 0 Å². The van der Waals surface area contributed by atoms with Crippen LogP contribution >= 0.6 is 0 Å². The molecule has 0 amide bonds. The molecule has 186 valence electrons. The van der Waals surface area contributed by atoms with Gasteiger partial charge in [-0.1, -0.05) is 0 Å². The smallest absolute Gasteiger partial charge is 0.320 e. The molecule has 3 aromatic rings. The lowest BCUT2D eigenvalue weighted by Gasteiger charge is -2.44. The average Bonchev–Trinajstić information content (AvgIpc) is 3.52. The first kappa shape index (κ1) is 22.7. The molecule has 0 radical (unpaired) electrons. The fourth-order valence-electron chi connectivity index (χ4n) is 5.91.